The lowest BCUT2D eigenvalue weighted by Crippen LogP contribution is -2.44. The van der Waals surface area contributed by atoms with Crippen LogP contribution in [0.4, 0.5) is 5.82 Å². The smallest absolute Gasteiger partial charge is 0.203 e. The number of aromatic nitrogens is 1. The summed E-state index contributed by atoms with van der Waals surface area (Å²) in [5.74, 6) is 2.83. The fourth-order valence-electron chi connectivity index (χ4n) is 2.91. The molecule has 0 unspecified atom stereocenters. The number of hydrogen-bond acceptors (Lipinski definition) is 7. The monoisotopic (exact) mass is 356 g/mol. The second-order valence-electron chi connectivity index (χ2n) is 5.83. The van der Waals surface area contributed by atoms with Crippen LogP contribution < -0.4 is 19.1 Å². The summed E-state index contributed by atoms with van der Waals surface area (Å²) in [5.41, 5.74) is 0.895. The van der Waals surface area contributed by atoms with E-state index in [2.05, 4.69) is 20.0 Å². The maximum absolute atomic E-state index is 5.38. The Bertz CT molecular complexity index is 719. The Labute approximate surface area is 153 Å². The van der Waals surface area contributed by atoms with Crippen LogP contribution >= 0.6 is 0 Å². The van der Waals surface area contributed by atoms with Crippen LogP contribution in [0.1, 0.15) is 5.56 Å². The van der Waals surface area contributed by atoms with Gasteiger partial charge in [0, 0.05) is 24.8 Å². The van der Waals surface area contributed by atoms with Crippen LogP contribution in [0.5, 0.6) is 17.2 Å². The van der Waals surface area contributed by atoms with Crippen LogP contribution in [0.3, 0.4) is 0 Å². The Balaban J connectivity index is 1.66. The minimum Gasteiger partial charge on any atom is -0.493 e. The highest BCUT2D eigenvalue weighted by Gasteiger charge is 2.17. The first kappa shape index (κ1) is 17.8. The third kappa shape index (κ3) is 3.99. The van der Waals surface area contributed by atoms with Gasteiger partial charge in [-0.25, -0.2) is 4.98 Å². The highest BCUT2D eigenvalue weighted by molar-refractivity contribution is 5.82. The molecule has 3 rings (SSSR count). The molecule has 0 amide bonds. The Morgan fingerprint density at radius 2 is 1.65 bits per heavy atom. The fourth-order valence-corrected chi connectivity index (χ4v) is 2.91. The van der Waals surface area contributed by atoms with Gasteiger partial charge in [0.2, 0.25) is 5.75 Å². The number of ether oxygens (including phenoxy) is 3. The van der Waals surface area contributed by atoms with E-state index < -0.39 is 0 Å². The Morgan fingerprint density at radius 3 is 2.19 bits per heavy atom. The molecule has 2 heterocycles. The summed E-state index contributed by atoms with van der Waals surface area (Å²) in [4.78, 5) is 6.67. The van der Waals surface area contributed by atoms with Crippen molar-refractivity contribution in [2.75, 3.05) is 52.4 Å². The molecule has 0 radical (unpaired) electrons. The summed E-state index contributed by atoms with van der Waals surface area (Å²) in [5, 5.41) is 6.66. The minimum atomic E-state index is 0.580. The summed E-state index contributed by atoms with van der Waals surface area (Å²) in [6.07, 6.45) is 3.64. The van der Waals surface area contributed by atoms with E-state index in [0.717, 1.165) is 37.6 Å². The number of piperazine rings is 1. The number of nitrogens with zero attached hydrogens (tertiary/aromatic N) is 4. The average molecular weight is 356 g/mol. The first-order valence-electron chi connectivity index (χ1n) is 8.50. The average Bonchev–Trinajstić information content (AvgIpc) is 2.72. The molecule has 2 aromatic rings. The number of hydrazone groups is 1. The lowest BCUT2D eigenvalue weighted by molar-refractivity contribution is 0.271. The van der Waals surface area contributed by atoms with Crippen molar-refractivity contribution in [1.82, 2.24) is 9.99 Å². The summed E-state index contributed by atoms with van der Waals surface area (Å²) < 4.78 is 16.1. The molecule has 26 heavy (non-hydrogen) atoms. The van der Waals surface area contributed by atoms with Crippen molar-refractivity contribution in [3.8, 4) is 17.2 Å². The zero-order chi connectivity index (χ0) is 18.4. The largest absolute Gasteiger partial charge is 0.493 e. The van der Waals surface area contributed by atoms with Gasteiger partial charge in [0.25, 0.3) is 0 Å². The molecule has 1 aliphatic rings. The SMILES string of the molecule is COc1cc(/C=N\N2CCN(c3ccccn3)CC2)cc(OC)c1OC. The predicted octanol–water partition coefficient (Wildman–Crippen LogP) is 2.26. The van der Waals surface area contributed by atoms with Crippen molar-refractivity contribution >= 4 is 12.0 Å². The van der Waals surface area contributed by atoms with Crippen LogP contribution in [0.2, 0.25) is 0 Å². The highest BCUT2D eigenvalue weighted by Crippen LogP contribution is 2.37. The van der Waals surface area contributed by atoms with Gasteiger partial charge >= 0.3 is 0 Å². The van der Waals surface area contributed by atoms with E-state index in [0.29, 0.717) is 17.2 Å². The van der Waals surface area contributed by atoms with Crippen molar-refractivity contribution in [3.05, 3.63) is 42.1 Å². The van der Waals surface area contributed by atoms with Crippen molar-refractivity contribution in [2.45, 2.75) is 0 Å². The zero-order valence-corrected chi connectivity index (χ0v) is 15.4. The molecule has 7 heteroatoms. The van der Waals surface area contributed by atoms with Crippen molar-refractivity contribution in [3.63, 3.8) is 0 Å². The molecule has 0 N–H and O–H groups in total. The number of benzene rings is 1. The summed E-state index contributed by atoms with van der Waals surface area (Å²) in [6, 6.07) is 9.75. The topological polar surface area (TPSA) is 59.4 Å². The molecule has 1 aliphatic heterocycles. The highest BCUT2D eigenvalue weighted by atomic mass is 16.5. The number of hydrogen-bond donors (Lipinski definition) is 0. The number of pyridine rings is 1. The van der Waals surface area contributed by atoms with Crippen LogP contribution in [-0.2, 0) is 0 Å². The second-order valence-corrected chi connectivity index (χ2v) is 5.83. The van der Waals surface area contributed by atoms with Crippen LogP contribution in [0.15, 0.2) is 41.6 Å². The van der Waals surface area contributed by atoms with E-state index in [4.69, 9.17) is 14.2 Å². The Hall–Kier alpha value is -2.96. The normalized spacial score (nSPS) is 14.6. The molecule has 0 saturated carbocycles. The van der Waals surface area contributed by atoms with Gasteiger partial charge in [0.05, 0.1) is 40.6 Å². The van der Waals surface area contributed by atoms with Gasteiger partial charge in [-0.1, -0.05) is 6.07 Å². The van der Waals surface area contributed by atoms with E-state index in [9.17, 15) is 0 Å². The summed E-state index contributed by atoms with van der Waals surface area (Å²) >= 11 is 0. The maximum atomic E-state index is 5.38. The third-order valence-corrected chi connectivity index (χ3v) is 4.29. The van der Waals surface area contributed by atoms with Crippen LogP contribution in [0, 0.1) is 0 Å². The minimum absolute atomic E-state index is 0.580. The lowest BCUT2D eigenvalue weighted by atomic mass is 10.2. The molecular formula is C19H24N4O3. The molecule has 0 aliphatic carbocycles. The lowest BCUT2D eigenvalue weighted by Gasteiger charge is -2.33. The number of anilines is 1. The van der Waals surface area contributed by atoms with E-state index in [1.54, 1.807) is 21.3 Å². The molecule has 0 atom stereocenters. The van der Waals surface area contributed by atoms with Crippen LogP contribution in [-0.4, -0.2) is 63.7 Å². The quantitative estimate of drug-likeness (QED) is 0.740. The molecule has 138 valence electrons. The summed E-state index contributed by atoms with van der Waals surface area (Å²) in [6.45, 7) is 3.47. The molecule has 0 spiro atoms. The van der Waals surface area contributed by atoms with Gasteiger partial charge in [0.1, 0.15) is 5.82 Å². The van der Waals surface area contributed by atoms with Gasteiger partial charge in [-0.15, -0.1) is 0 Å². The Morgan fingerprint density at radius 1 is 0.962 bits per heavy atom. The van der Waals surface area contributed by atoms with Crippen molar-refractivity contribution in [1.29, 1.82) is 0 Å². The molecule has 1 aromatic carbocycles. The molecule has 1 fully saturated rings. The van der Waals surface area contributed by atoms with Gasteiger partial charge in [-0.3, -0.25) is 5.01 Å². The molecule has 0 bridgehead atoms. The molecular weight excluding hydrogens is 332 g/mol. The number of methoxy groups -OCH3 is 3. The molecule has 7 nitrogen and oxygen atoms in total. The third-order valence-electron chi connectivity index (χ3n) is 4.29. The van der Waals surface area contributed by atoms with Crippen molar-refractivity contribution in [2.24, 2.45) is 5.10 Å². The van der Waals surface area contributed by atoms with Crippen LogP contribution in [0.25, 0.3) is 0 Å². The first-order chi connectivity index (χ1) is 12.7. The predicted molar refractivity (Wildman–Crippen MR) is 102 cm³/mol. The summed E-state index contributed by atoms with van der Waals surface area (Å²) in [7, 11) is 4.80. The first-order valence-corrected chi connectivity index (χ1v) is 8.50. The van der Waals surface area contributed by atoms with Gasteiger partial charge < -0.3 is 19.1 Å². The Kier molecular flexibility index (Phi) is 5.78. The van der Waals surface area contributed by atoms with Crippen molar-refractivity contribution < 1.29 is 14.2 Å². The standard InChI is InChI=1S/C19H24N4O3/c1-24-16-12-15(13-17(25-2)19(16)26-3)14-21-23-10-8-22(9-11-23)18-6-4-5-7-20-18/h4-7,12-14H,8-11H2,1-3H3/b21-14-. The number of rotatable bonds is 6. The molecule has 1 aromatic heterocycles. The zero-order valence-electron chi connectivity index (χ0n) is 15.4. The fraction of sp³-hybridized carbons (Fsp3) is 0.368. The van der Waals surface area contributed by atoms with E-state index >= 15 is 0 Å². The molecule has 1 saturated heterocycles. The maximum Gasteiger partial charge on any atom is 0.203 e. The van der Waals surface area contributed by atoms with Gasteiger partial charge in [-0.2, -0.15) is 5.10 Å². The van der Waals surface area contributed by atoms with Gasteiger partial charge in [0.15, 0.2) is 11.5 Å². The second kappa shape index (κ2) is 8.42. The van der Waals surface area contributed by atoms with E-state index in [1.807, 2.05) is 42.7 Å². The van der Waals surface area contributed by atoms with Gasteiger partial charge in [-0.05, 0) is 24.3 Å². The van der Waals surface area contributed by atoms with E-state index in [-0.39, 0.29) is 0 Å². The van der Waals surface area contributed by atoms with E-state index in [1.165, 1.54) is 0 Å².